The molecule has 0 aliphatic heterocycles. The highest BCUT2D eigenvalue weighted by Crippen LogP contribution is 2.30. The number of aryl methyl sites for hydroxylation is 1. The molecule has 1 heterocycles. The average molecular weight is 475 g/mol. The molecule has 0 fully saturated rings. The minimum Gasteiger partial charge on any atom is -0.466 e. The van der Waals surface area contributed by atoms with E-state index in [4.69, 9.17) is 21.1 Å². The average Bonchev–Trinajstić information content (AvgIpc) is 3.18. The molecule has 0 aliphatic carbocycles. The first kappa shape index (κ1) is 23.3. The molecule has 3 aromatic carbocycles. The summed E-state index contributed by atoms with van der Waals surface area (Å²) in [7, 11) is 0. The largest absolute Gasteiger partial charge is 0.466 e. The van der Waals surface area contributed by atoms with Crippen LogP contribution in [0, 0.1) is 6.92 Å². The molecule has 0 bridgehead atoms. The van der Waals surface area contributed by atoms with Crippen molar-refractivity contribution < 1.29 is 19.1 Å². The normalized spacial score (nSPS) is 10.7. The van der Waals surface area contributed by atoms with Crippen molar-refractivity contribution in [2.24, 2.45) is 0 Å². The van der Waals surface area contributed by atoms with Crippen LogP contribution in [0.2, 0.25) is 5.02 Å². The van der Waals surface area contributed by atoms with E-state index in [0.717, 1.165) is 5.56 Å². The summed E-state index contributed by atoms with van der Waals surface area (Å²) >= 11 is 6.01. The zero-order valence-corrected chi connectivity index (χ0v) is 19.6. The van der Waals surface area contributed by atoms with E-state index in [0.29, 0.717) is 27.7 Å². The third-order valence-electron chi connectivity index (χ3n) is 5.13. The van der Waals surface area contributed by atoms with Gasteiger partial charge in [-0.3, -0.25) is 14.2 Å². The third-order valence-corrected chi connectivity index (χ3v) is 5.38. The van der Waals surface area contributed by atoms with Crippen LogP contribution in [0.15, 0.2) is 78.9 Å². The summed E-state index contributed by atoms with van der Waals surface area (Å²) in [6.45, 7) is 3.95. The van der Waals surface area contributed by atoms with Gasteiger partial charge in [-0.25, -0.2) is 0 Å². The topological polar surface area (TPSA) is 70.4 Å². The zero-order chi connectivity index (χ0) is 24.1. The number of ketones is 1. The number of hydrogen-bond acceptors (Lipinski definition) is 5. The highest BCUT2D eigenvalue weighted by Gasteiger charge is 2.27. The number of carbonyl (C=O) groups excluding carboxylic acids is 2. The molecular formula is C27H23ClN2O4. The van der Waals surface area contributed by atoms with Crippen molar-refractivity contribution in [2.75, 3.05) is 6.61 Å². The number of carbonyl (C=O) groups is 2. The van der Waals surface area contributed by atoms with Crippen molar-refractivity contribution in [1.82, 2.24) is 9.55 Å². The molecule has 0 radical (unpaired) electrons. The van der Waals surface area contributed by atoms with E-state index in [2.05, 4.69) is 4.98 Å². The van der Waals surface area contributed by atoms with E-state index in [-0.39, 0.29) is 30.5 Å². The summed E-state index contributed by atoms with van der Waals surface area (Å²) in [5.74, 6) is -0.285. The van der Waals surface area contributed by atoms with Gasteiger partial charge in [-0.2, -0.15) is 4.98 Å². The molecule has 0 N–H and O–H groups in total. The van der Waals surface area contributed by atoms with Crippen LogP contribution < -0.4 is 4.74 Å². The summed E-state index contributed by atoms with van der Waals surface area (Å²) in [5.41, 5.74) is 2.74. The molecule has 0 saturated carbocycles. The highest BCUT2D eigenvalue weighted by molar-refractivity contribution is 6.30. The van der Waals surface area contributed by atoms with Gasteiger partial charge in [-0.05, 0) is 50.2 Å². The second-order valence-corrected chi connectivity index (χ2v) is 8.03. The van der Waals surface area contributed by atoms with Crippen molar-refractivity contribution in [3.05, 3.63) is 106 Å². The number of imidazole rings is 1. The maximum Gasteiger partial charge on any atom is 0.311 e. The Morgan fingerprint density at radius 1 is 0.941 bits per heavy atom. The number of nitrogens with zero attached hydrogens (tertiary/aromatic N) is 2. The van der Waals surface area contributed by atoms with Gasteiger partial charge >= 0.3 is 12.0 Å². The second-order valence-electron chi connectivity index (χ2n) is 7.59. The van der Waals surface area contributed by atoms with E-state index < -0.39 is 5.97 Å². The number of benzene rings is 3. The molecule has 34 heavy (non-hydrogen) atoms. The fraction of sp³-hybridized carbons (Fsp3) is 0.148. The quantitative estimate of drug-likeness (QED) is 0.232. The lowest BCUT2D eigenvalue weighted by Crippen LogP contribution is -2.15. The van der Waals surface area contributed by atoms with Crippen LogP contribution in [0.5, 0.6) is 11.8 Å². The van der Waals surface area contributed by atoms with Crippen LogP contribution in [-0.2, 0) is 16.0 Å². The fourth-order valence-corrected chi connectivity index (χ4v) is 3.61. The molecule has 0 spiro atoms. The van der Waals surface area contributed by atoms with Gasteiger partial charge in [0.2, 0.25) is 5.78 Å². The number of ether oxygens (including phenoxy) is 2. The van der Waals surface area contributed by atoms with Gasteiger partial charge < -0.3 is 9.47 Å². The van der Waals surface area contributed by atoms with Crippen molar-refractivity contribution in [3.8, 4) is 17.4 Å². The van der Waals surface area contributed by atoms with Crippen LogP contribution in [-0.4, -0.2) is 27.9 Å². The van der Waals surface area contributed by atoms with Crippen molar-refractivity contribution in [1.29, 1.82) is 0 Å². The van der Waals surface area contributed by atoms with Gasteiger partial charge in [0.15, 0.2) is 0 Å². The molecule has 0 aliphatic rings. The summed E-state index contributed by atoms with van der Waals surface area (Å²) in [6.07, 6.45) is -0.146. The molecular weight excluding hydrogens is 452 g/mol. The minimum absolute atomic E-state index is 0.129. The Labute approximate surface area is 202 Å². The van der Waals surface area contributed by atoms with Crippen LogP contribution >= 0.6 is 11.6 Å². The number of hydrogen-bond donors (Lipinski definition) is 0. The summed E-state index contributed by atoms with van der Waals surface area (Å²) in [4.78, 5) is 30.6. The standard InChI is InChI=1S/C27H23ClN2O4/c1-3-33-24(31)17-23-25(26(32)19-7-5-4-6-8-19)29-27(34-22-15-11-20(28)12-16-22)30(23)21-13-9-18(2)10-14-21/h4-16H,3,17H2,1-2H3. The van der Waals surface area contributed by atoms with Gasteiger partial charge in [0.25, 0.3) is 0 Å². The molecule has 0 amide bonds. The first-order chi connectivity index (χ1) is 16.5. The van der Waals surface area contributed by atoms with Crippen molar-refractivity contribution in [3.63, 3.8) is 0 Å². The van der Waals surface area contributed by atoms with Crippen molar-refractivity contribution >= 4 is 23.4 Å². The van der Waals surface area contributed by atoms with Crippen LogP contribution in [0.3, 0.4) is 0 Å². The number of esters is 1. The van der Waals surface area contributed by atoms with Gasteiger partial charge in [0, 0.05) is 10.6 Å². The molecule has 1 aromatic heterocycles. The van der Waals surface area contributed by atoms with E-state index in [9.17, 15) is 9.59 Å². The minimum atomic E-state index is -0.462. The first-order valence-electron chi connectivity index (χ1n) is 10.8. The monoisotopic (exact) mass is 474 g/mol. The predicted octanol–water partition coefficient (Wildman–Crippen LogP) is 5.96. The van der Waals surface area contributed by atoms with Gasteiger partial charge in [0.05, 0.1) is 24.4 Å². The molecule has 172 valence electrons. The van der Waals surface area contributed by atoms with E-state index in [1.807, 2.05) is 37.3 Å². The highest BCUT2D eigenvalue weighted by atomic mass is 35.5. The van der Waals surface area contributed by atoms with Gasteiger partial charge in [-0.15, -0.1) is 0 Å². The van der Waals surface area contributed by atoms with E-state index in [1.165, 1.54) is 0 Å². The van der Waals surface area contributed by atoms with E-state index >= 15 is 0 Å². The first-order valence-corrected chi connectivity index (χ1v) is 11.2. The number of rotatable bonds is 8. The summed E-state index contributed by atoms with van der Waals surface area (Å²) < 4.78 is 13.0. The van der Waals surface area contributed by atoms with Gasteiger partial charge in [0.1, 0.15) is 11.4 Å². The third kappa shape index (κ3) is 5.18. The maximum atomic E-state index is 13.5. The maximum absolute atomic E-state index is 13.5. The second kappa shape index (κ2) is 10.4. The van der Waals surface area contributed by atoms with Crippen LogP contribution in [0.1, 0.15) is 34.2 Å². The summed E-state index contributed by atoms with van der Waals surface area (Å²) in [6, 6.07) is 23.4. The van der Waals surface area contributed by atoms with E-state index in [1.54, 1.807) is 60.0 Å². The molecule has 0 unspecified atom stereocenters. The molecule has 6 nitrogen and oxygen atoms in total. The molecule has 7 heteroatoms. The smallest absolute Gasteiger partial charge is 0.311 e. The zero-order valence-electron chi connectivity index (χ0n) is 18.8. The van der Waals surface area contributed by atoms with Crippen molar-refractivity contribution in [2.45, 2.75) is 20.3 Å². The Morgan fingerprint density at radius 2 is 1.62 bits per heavy atom. The molecule has 0 saturated heterocycles. The Kier molecular flexibility index (Phi) is 7.09. The Hall–Kier alpha value is -3.90. The van der Waals surface area contributed by atoms with Gasteiger partial charge in [-0.1, -0.05) is 59.6 Å². The molecule has 4 aromatic rings. The summed E-state index contributed by atoms with van der Waals surface area (Å²) in [5, 5.41) is 0.567. The lowest BCUT2D eigenvalue weighted by Gasteiger charge is -2.13. The Morgan fingerprint density at radius 3 is 2.26 bits per heavy atom. The number of halogens is 1. The fourth-order valence-electron chi connectivity index (χ4n) is 3.49. The Balaban J connectivity index is 1.90. The SMILES string of the molecule is CCOC(=O)Cc1c(C(=O)c2ccccc2)nc(Oc2ccc(Cl)cc2)n1-c1ccc(C)cc1. The van der Waals surface area contributed by atoms with Crippen LogP contribution in [0.25, 0.3) is 5.69 Å². The predicted molar refractivity (Wildman–Crippen MR) is 130 cm³/mol. The van der Waals surface area contributed by atoms with Crippen LogP contribution in [0.4, 0.5) is 0 Å². The lowest BCUT2D eigenvalue weighted by molar-refractivity contribution is -0.142. The molecule has 0 atom stereocenters. The lowest BCUT2D eigenvalue weighted by atomic mass is 10.1. The number of aromatic nitrogens is 2. The molecule has 4 rings (SSSR count). The Bertz CT molecular complexity index is 1300.